The third-order valence-electron chi connectivity index (χ3n) is 12.6. The van der Waals surface area contributed by atoms with Crippen LogP contribution in [0, 0.1) is 23.7 Å². The van der Waals surface area contributed by atoms with E-state index in [1.54, 1.807) is 41.5 Å². The lowest BCUT2D eigenvalue weighted by Crippen LogP contribution is -2.61. The summed E-state index contributed by atoms with van der Waals surface area (Å²) in [7, 11) is 3.41. The molecular formula is C41H76N2O13. The van der Waals surface area contributed by atoms with Crippen LogP contribution in [0.3, 0.4) is 0 Å². The topological polar surface area (TPSA) is 206 Å². The van der Waals surface area contributed by atoms with Gasteiger partial charge in [0.1, 0.15) is 24.4 Å². The van der Waals surface area contributed by atoms with Crippen LogP contribution < -0.4 is 5.32 Å². The Balaban J connectivity index is 2.23. The lowest BCUT2D eigenvalue weighted by atomic mass is 9.73. The van der Waals surface area contributed by atoms with Gasteiger partial charge in [-0.3, -0.25) is 14.5 Å². The van der Waals surface area contributed by atoms with E-state index < -0.39 is 102 Å². The number of hydrogen-bond acceptors (Lipinski definition) is 14. The number of carbonyl (C=O) groups excluding carboxylic acids is 2. The summed E-state index contributed by atoms with van der Waals surface area (Å²) in [6.07, 6.45) is -8.55. The molecule has 0 aromatic rings. The Hall–Kier alpha value is -1.50. The Morgan fingerprint density at radius 2 is 1.55 bits per heavy atom. The van der Waals surface area contributed by atoms with E-state index >= 15 is 0 Å². The second-order valence-corrected chi connectivity index (χ2v) is 18.3. The Kier molecular flexibility index (Phi) is 17.2. The van der Waals surface area contributed by atoms with E-state index in [2.05, 4.69) is 10.2 Å². The highest BCUT2D eigenvalue weighted by molar-refractivity contribution is 5.76. The number of esters is 1. The van der Waals surface area contributed by atoms with E-state index in [9.17, 15) is 35.1 Å². The number of hydrogen-bond donors (Lipinski definition) is 6. The SMILES string of the molecule is CC[C@H]1OC(=O)[C@H](C)[C@@H](O[C@@H]2C[C@](C)(O)C[C@@H](C)O2)[C@H](C)[C@@H](O[C@@H]2O[C@H](C)C[C@H](N(C)C(C)C)[C@H]2O)[C@](C)(O)C[C@@H](C)[C@H](OCC(=O)NC)[C@H](C)[C@@H](O)[C@]1(C)O. The highest BCUT2D eigenvalue weighted by Crippen LogP contribution is 2.41. The molecule has 1 amide bonds. The molecule has 0 bridgehead atoms. The van der Waals surface area contributed by atoms with Gasteiger partial charge in [0.05, 0.1) is 53.7 Å². The van der Waals surface area contributed by atoms with Crippen LogP contribution in [0.15, 0.2) is 0 Å². The molecule has 3 aliphatic heterocycles. The zero-order chi connectivity index (χ0) is 42.7. The monoisotopic (exact) mass is 805 g/mol. The minimum atomic E-state index is -1.95. The molecule has 18 atom stereocenters. The van der Waals surface area contributed by atoms with Crippen molar-refractivity contribution in [3.63, 3.8) is 0 Å². The maximum Gasteiger partial charge on any atom is 0.311 e. The number of ether oxygens (including phenoxy) is 6. The first-order valence-electron chi connectivity index (χ1n) is 20.7. The van der Waals surface area contributed by atoms with Gasteiger partial charge in [-0.25, -0.2) is 0 Å². The number of rotatable bonds is 10. The predicted molar refractivity (Wildman–Crippen MR) is 208 cm³/mol. The summed E-state index contributed by atoms with van der Waals surface area (Å²) in [5, 5.41) is 61.9. The van der Waals surface area contributed by atoms with Crippen molar-refractivity contribution in [2.45, 2.75) is 205 Å². The molecule has 3 heterocycles. The Morgan fingerprint density at radius 1 is 0.929 bits per heavy atom. The molecule has 0 aromatic heterocycles. The van der Waals surface area contributed by atoms with Crippen molar-refractivity contribution in [3.8, 4) is 0 Å². The first-order valence-corrected chi connectivity index (χ1v) is 20.7. The average molecular weight is 805 g/mol. The summed E-state index contributed by atoms with van der Waals surface area (Å²) >= 11 is 0. The van der Waals surface area contributed by atoms with Gasteiger partial charge in [-0.2, -0.15) is 0 Å². The molecule has 15 heteroatoms. The highest BCUT2D eigenvalue weighted by Gasteiger charge is 2.53. The zero-order valence-corrected chi connectivity index (χ0v) is 36.4. The van der Waals surface area contributed by atoms with Gasteiger partial charge in [0.2, 0.25) is 5.91 Å². The van der Waals surface area contributed by atoms with E-state index in [-0.39, 0.29) is 50.2 Å². The molecule has 3 saturated heterocycles. The lowest BCUT2D eigenvalue weighted by molar-refractivity contribution is -0.311. The highest BCUT2D eigenvalue weighted by atomic mass is 16.7. The molecule has 0 saturated carbocycles. The van der Waals surface area contributed by atoms with Crippen LogP contribution in [-0.2, 0) is 38.0 Å². The second kappa shape index (κ2) is 19.7. The molecule has 0 radical (unpaired) electrons. The van der Waals surface area contributed by atoms with Gasteiger partial charge in [0.25, 0.3) is 0 Å². The number of nitrogens with one attached hydrogen (secondary N) is 1. The number of cyclic esters (lactones) is 1. The minimum Gasteiger partial charge on any atom is -0.459 e. The van der Waals surface area contributed by atoms with Crippen LogP contribution in [0.25, 0.3) is 0 Å². The summed E-state index contributed by atoms with van der Waals surface area (Å²) in [4.78, 5) is 28.7. The number of carbonyl (C=O) groups is 2. The van der Waals surface area contributed by atoms with Crippen molar-refractivity contribution in [2.75, 3.05) is 20.7 Å². The first kappa shape index (κ1) is 48.9. The van der Waals surface area contributed by atoms with Crippen LogP contribution in [-0.4, -0.2) is 153 Å². The molecule has 0 spiro atoms. The van der Waals surface area contributed by atoms with E-state index in [0.29, 0.717) is 12.8 Å². The minimum absolute atomic E-state index is 0.0122. The van der Waals surface area contributed by atoms with Crippen molar-refractivity contribution < 1.29 is 63.5 Å². The van der Waals surface area contributed by atoms with E-state index in [1.165, 1.54) is 14.0 Å². The molecule has 3 fully saturated rings. The molecular weight excluding hydrogens is 728 g/mol. The van der Waals surface area contributed by atoms with Gasteiger partial charge in [-0.15, -0.1) is 0 Å². The Morgan fingerprint density at radius 3 is 2.11 bits per heavy atom. The van der Waals surface area contributed by atoms with E-state index in [4.69, 9.17) is 28.4 Å². The third-order valence-corrected chi connectivity index (χ3v) is 12.6. The van der Waals surface area contributed by atoms with Crippen LogP contribution in [0.4, 0.5) is 0 Å². The lowest BCUT2D eigenvalue weighted by Gasteiger charge is -2.49. The normalized spacial score (nSPS) is 46.3. The molecule has 3 aliphatic rings. The van der Waals surface area contributed by atoms with E-state index in [0.717, 1.165) is 0 Å². The van der Waals surface area contributed by atoms with Crippen LogP contribution in [0.2, 0.25) is 0 Å². The van der Waals surface area contributed by atoms with Gasteiger partial charge >= 0.3 is 5.97 Å². The predicted octanol–water partition coefficient (Wildman–Crippen LogP) is 2.50. The molecule has 56 heavy (non-hydrogen) atoms. The van der Waals surface area contributed by atoms with Gasteiger partial charge in [0, 0.05) is 43.8 Å². The quantitative estimate of drug-likeness (QED) is 0.176. The van der Waals surface area contributed by atoms with Gasteiger partial charge < -0.3 is 59.3 Å². The summed E-state index contributed by atoms with van der Waals surface area (Å²) in [5.41, 5.74) is -4.83. The average Bonchev–Trinajstić information content (AvgIpc) is 3.09. The Bertz CT molecular complexity index is 1270. The summed E-state index contributed by atoms with van der Waals surface area (Å²) < 4.78 is 38.1. The summed E-state index contributed by atoms with van der Waals surface area (Å²) in [6.45, 7) is 20.8. The molecule has 0 aliphatic carbocycles. The van der Waals surface area contributed by atoms with Crippen LogP contribution >= 0.6 is 0 Å². The fourth-order valence-corrected chi connectivity index (χ4v) is 9.31. The zero-order valence-electron chi connectivity index (χ0n) is 36.4. The fourth-order valence-electron chi connectivity index (χ4n) is 9.31. The first-order chi connectivity index (χ1) is 25.8. The smallest absolute Gasteiger partial charge is 0.311 e. The van der Waals surface area contributed by atoms with Gasteiger partial charge in [0.15, 0.2) is 12.6 Å². The summed E-state index contributed by atoms with van der Waals surface area (Å²) in [5.74, 6) is -4.39. The van der Waals surface area contributed by atoms with Crippen LogP contribution in [0.1, 0.15) is 115 Å². The standard InChI is InChI=1S/C41H76N2O13/c1-15-29-41(12,50)35(46)25(7)33(51-20-30(44)42-13)22(4)17-40(11,49)36(56-38-32(45)28(16-23(5)53-38)43(14)21(2)3)26(8)34(27(9)37(47)54-29)55-31-19-39(10,48)18-24(6)52-31/h21-29,31-36,38,45-46,48-50H,15-20H2,1-14H3,(H,42,44)/t22-,23-,24-,25+,26+,27-,28+,29-,31-,32-,33+,34+,35-,36-,38+,39-,40-,41-/m1/s1. The van der Waals surface area contributed by atoms with Gasteiger partial charge in [-0.05, 0) is 87.6 Å². The molecule has 0 aromatic carbocycles. The van der Waals surface area contributed by atoms with Crippen molar-refractivity contribution in [2.24, 2.45) is 23.7 Å². The molecule has 6 N–H and O–H groups in total. The second-order valence-electron chi connectivity index (χ2n) is 18.3. The maximum atomic E-state index is 14.3. The molecule has 3 rings (SSSR count). The van der Waals surface area contributed by atoms with Crippen LogP contribution in [0.5, 0.6) is 0 Å². The Labute approximate surface area is 335 Å². The number of amides is 1. The van der Waals surface area contributed by atoms with Crippen molar-refractivity contribution in [1.29, 1.82) is 0 Å². The molecule has 15 nitrogen and oxygen atoms in total. The number of likely N-dealkylation sites (N-methyl/N-ethyl adjacent to an activating group) is 2. The van der Waals surface area contributed by atoms with Crippen molar-refractivity contribution in [3.05, 3.63) is 0 Å². The van der Waals surface area contributed by atoms with Crippen molar-refractivity contribution >= 4 is 11.9 Å². The summed E-state index contributed by atoms with van der Waals surface area (Å²) in [6, 6.07) is -0.222. The molecule has 0 unspecified atom stereocenters. The number of aliphatic hydroxyl groups excluding tert-OH is 2. The third kappa shape index (κ3) is 11.8. The molecule has 328 valence electrons. The fraction of sp³-hybridized carbons (Fsp3) is 0.951. The number of nitrogens with zero attached hydrogens (tertiary/aromatic N) is 1. The van der Waals surface area contributed by atoms with Crippen molar-refractivity contribution in [1.82, 2.24) is 10.2 Å². The maximum absolute atomic E-state index is 14.3. The largest absolute Gasteiger partial charge is 0.459 e. The van der Waals surface area contributed by atoms with Gasteiger partial charge in [-0.1, -0.05) is 27.7 Å². The van der Waals surface area contributed by atoms with E-state index in [1.807, 2.05) is 41.7 Å². The number of aliphatic hydroxyl groups is 5.